The zero-order valence-corrected chi connectivity index (χ0v) is 13.6. The van der Waals surface area contributed by atoms with Crippen LogP contribution in [-0.4, -0.2) is 47.7 Å². The zero-order chi connectivity index (χ0) is 17.3. The van der Waals surface area contributed by atoms with Gasteiger partial charge in [0.15, 0.2) is 0 Å². The number of rotatable bonds is 4. The van der Waals surface area contributed by atoms with Crippen LogP contribution in [0.5, 0.6) is 0 Å². The maximum Gasteiger partial charge on any atom is 0.323 e. The normalized spacial score (nSPS) is 16.2. The van der Waals surface area contributed by atoms with E-state index in [1.54, 1.807) is 18.3 Å². The molecular weight excluding hydrogens is 355 g/mol. The third-order valence-corrected chi connectivity index (χ3v) is 4.43. The van der Waals surface area contributed by atoms with Crippen LogP contribution in [0.2, 0.25) is 0 Å². The van der Waals surface area contributed by atoms with Gasteiger partial charge in [-0.15, -0.1) is 5.10 Å². The van der Waals surface area contributed by atoms with Crippen LogP contribution in [0.4, 0.5) is 4.39 Å². The van der Waals surface area contributed by atoms with Crippen LogP contribution in [0.3, 0.4) is 0 Å². The first-order valence-electron chi connectivity index (χ1n) is 6.59. The Morgan fingerprint density at radius 2 is 2.08 bits per heavy atom. The van der Waals surface area contributed by atoms with Gasteiger partial charge in [-0.1, -0.05) is 29.2 Å². The second-order valence-electron chi connectivity index (χ2n) is 4.73. The molecule has 7 nitrogen and oxygen atoms in total. The number of aromatic nitrogens is 3. The molecule has 1 N–H and O–H groups in total. The molecule has 0 unspecified atom stereocenters. The van der Waals surface area contributed by atoms with Crippen LogP contribution < -0.4 is 0 Å². The Labute approximate surface area is 144 Å². The van der Waals surface area contributed by atoms with Gasteiger partial charge in [0.25, 0.3) is 5.91 Å². The van der Waals surface area contributed by atoms with Gasteiger partial charge in [0.2, 0.25) is 0 Å². The van der Waals surface area contributed by atoms with Gasteiger partial charge in [-0.25, -0.2) is 9.07 Å². The number of aliphatic carboxylic acids is 1. The number of carboxylic acid groups (broad SMARTS) is 1. The number of thiocarbonyl (C=S) groups is 1. The summed E-state index contributed by atoms with van der Waals surface area (Å²) in [5, 5.41) is 16.6. The van der Waals surface area contributed by atoms with Gasteiger partial charge in [0.05, 0.1) is 16.8 Å². The number of nitrogens with zero attached hydrogens (tertiary/aromatic N) is 4. The average molecular weight is 364 g/mol. The standard InChI is InChI=1S/C14H9FN4O3S2/c15-8-1-3-10(4-2-8)19-6-9(16-17-19)5-11-13(22)18(7-12(20)21)14(23)24-11/h1-6H,7H2,(H,20,21)/b11-5-. The maximum atomic E-state index is 12.9. The number of halogens is 1. The van der Waals surface area contributed by atoms with Crippen molar-refractivity contribution in [2.24, 2.45) is 0 Å². The monoisotopic (exact) mass is 364 g/mol. The first-order valence-corrected chi connectivity index (χ1v) is 7.82. The number of thioether (sulfide) groups is 1. The van der Waals surface area contributed by atoms with Gasteiger partial charge in [-0.2, -0.15) is 0 Å². The molecule has 0 saturated carbocycles. The summed E-state index contributed by atoms with van der Waals surface area (Å²) in [4.78, 5) is 24.2. The molecule has 3 rings (SSSR count). The van der Waals surface area contributed by atoms with Crippen LogP contribution in [0.1, 0.15) is 5.69 Å². The van der Waals surface area contributed by atoms with Crippen molar-refractivity contribution in [1.29, 1.82) is 0 Å². The van der Waals surface area contributed by atoms with E-state index in [4.69, 9.17) is 17.3 Å². The largest absolute Gasteiger partial charge is 0.480 e. The van der Waals surface area contributed by atoms with Crippen molar-refractivity contribution >= 4 is 46.3 Å². The highest BCUT2D eigenvalue weighted by molar-refractivity contribution is 8.26. The van der Waals surface area contributed by atoms with Crippen LogP contribution in [-0.2, 0) is 9.59 Å². The van der Waals surface area contributed by atoms with Gasteiger partial charge in [0, 0.05) is 0 Å². The molecule has 1 amide bonds. The van der Waals surface area contributed by atoms with Gasteiger partial charge >= 0.3 is 5.97 Å². The Morgan fingerprint density at radius 3 is 2.75 bits per heavy atom. The fourth-order valence-corrected chi connectivity index (χ4v) is 3.21. The third kappa shape index (κ3) is 3.34. The van der Waals surface area contributed by atoms with Gasteiger partial charge in [0.1, 0.15) is 22.4 Å². The lowest BCUT2D eigenvalue weighted by Gasteiger charge is -2.09. The number of carbonyl (C=O) groups excluding carboxylic acids is 1. The molecule has 0 atom stereocenters. The van der Waals surface area contributed by atoms with E-state index in [2.05, 4.69) is 10.3 Å². The van der Waals surface area contributed by atoms with E-state index in [1.165, 1.54) is 22.9 Å². The van der Waals surface area contributed by atoms with Crippen molar-refractivity contribution in [3.8, 4) is 5.69 Å². The van der Waals surface area contributed by atoms with E-state index in [0.29, 0.717) is 11.4 Å². The van der Waals surface area contributed by atoms with Crippen LogP contribution in [0, 0.1) is 5.82 Å². The molecule has 2 aromatic rings. The zero-order valence-electron chi connectivity index (χ0n) is 11.9. The van der Waals surface area contributed by atoms with E-state index in [-0.39, 0.29) is 15.0 Å². The number of benzene rings is 1. The summed E-state index contributed by atoms with van der Waals surface area (Å²) in [6, 6.07) is 5.68. The van der Waals surface area contributed by atoms with Crippen molar-refractivity contribution in [2.45, 2.75) is 0 Å². The molecule has 10 heteroatoms. The fraction of sp³-hybridized carbons (Fsp3) is 0.0714. The lowest BCUT2D eigenvalue weighted by molar-refractivity contribution is -0.140. The highest BCUT2D eigenvalue weighted by atomic mass is 32.2. The highest BCUT2D eigenvalue weighted by Gasteiger charge is 2.33. The molecule has 1 saturated heterocycles. The molecule has 24 heavy (non-hydrogen) atoms. The molecule has 0 bridgehead atoms. The number of hydrogen-bond acceptors (Lipinski definition) is 6. The quantitative estimate of drug-likeness (QED) is 0.652. The van der Waals surface area contributed by atoms with Crippen LogP contribution in [0.25, 0.3) is 11.8 Å². The average Bonchev–Trinajstić information content (AvgIpc) is 3.09. The molecule has 0 spiro atoms. The number of hydrogen-bond donors (Lipinski definition) is 1. The molecule has 1 aliphatic heterocycles. The van der Waals surface area contributed by atoms with Gasteiger partial charge < -0.3 is 5.11 Å². The van der Waals surface area contributed by atoms with Gasteiger partial charge in [-0.3, -0.25) is 14.5 Å². The summed E-state index contributed by atoms with van der Waals surface area (Å²) in [5.74, 6) is -1.99. The van der Waals surface area contributed by atoms with E-state index >= 15 is 0 Å². The minimum Gasteiger partial charge on any atom is -0.480 e. The van der Waals surface area contributed by atoms with Crippen molar-refractivity contribution in [3.05, 3.63) is 46.9 Å². The predicted molar refractivity (Wildman–Crippen MR) is 88.8 cm³/mol. The summed E-state index contributed by atoms with van der Waals surface area (Å²) < 4.78 is 14.5. The second-order valence-corrected chi connectivity index (χ2v) is 6.40. The summed E-state index contributed by atoms with van der Waals surface area (Å²) >= 11 is 6.01. The Balaban J connectivity index is 1.82. The topological polar surface area (TPSA) is 88.3 Å². The molecule has 0 aliphatic carbocycles. The predicted octanol–water partition coefficient (Wildman–Crippen LogP) is 1.69. The number of carbonyl (C=O) groups is 2. The fourth-order valence-electron chi connectivity index (χ4n) is 1.97. The molecule has 1 aromatic heterocycles. The van der Waals surface area contributed by atoms with E-state index in [9.17, 15) is 14.0 Å². The van der Waals surface area contributed by atoms with Crippen molar-refractivity contribution in [2.75, 3.05) is 6.54 Å². The summed E-state index contributed by atoms with van der Waals surface area (Å²) in [6.45, 7) is -0.482. The minimum absolute atomic E-state index is 0.180. The molecule has 2 heterocycles. The molecule has 1 aromatic carbocycles. The van der Waals surface area contributed by atoms with E-state index in [1.807, 2.05) is 0 Å². The smallest absolute Gasteiger partial charge is 0.323 e. The first kappa shape index (κ1) is 16.3. The number of carboxylic acids is 1. The SMILES string of the molecule is O=C(O)CN1C(=O)/C(=C/c2cn(-c3ccc(F)cc3)nn2)SC1=S. The molecular formula is C14H9FN4O3S2. The van der Waals surface area contributed by atoms with E-state index in [0.717, 1.165) is 16.7 Å². The second kappa shape index (κ2) is 6.49. The lowest BCUT2D eigenvalue weighted by Crippen LogP contribution is -2.33. The molecule has 1 aliphatic rings. The van der Waals surface area contributed by atoms with Crippen LogP contribution >= 0.6 is 24.0 Å². The Kier molecular flexibility index (Phi) is 4.40. The highest BCUT2D eigenvalue weighted by Crippen LogP contribution is 2.32. The molecule has 122 valence electrons. The number of amides is 1. The van der Waals surface area contributed by atoms with Crippen molar-refractivity contribution < 1.29 is 19.1 Å². The first-order chi connectivity index (χ1) is 11.4. The molecule has 0 radical (unpaired) electrons. The Morgan fingerprint density at radius 1 is 1.38 bits per heavy atom. The Bertz CT molecular complexity index is 863. The third-order valence-electron chi connectivity index (χ3n) is 3.05. The minimum atomic E-state index is -1.14. The lowest BCUT2D eigenvalue weighted by atomic mass is 10.3. The van der Waals surface area contributed by atoms with Gasteiger partial charge in [-0.05, 0) is 30.3 Å². The summed E-state index contributed by atoms with van der Waals surface area (Å²) in [6.07, 6.45) is 3.05. The Hall–Kier alpha value is -2.59. The van der Waals surface area contributed by atoms with Crippen LogP contribution in [0.15, 0.2) is 35.4 Å². The van der Waals surface area contributed by atoms with E-state index < -0.39 is 18.4 Å². The molecule has 1 fully saturated rings. The summed E-state index contributed by atoms with van der Waals surface area (Å²) in [5.41, 5.74) is 1.01. The van der Waals surface area contributed by atoms with Crippen molar-refractivity contribution in [1.82, 2.24) is 19.9 Å². The van der Waals surface area contributed by atoms with Crippen molar-refractivity contribution in [3.63, 3.8) is 0 Å². The summed E-state index contributed by atoms with van der Waals surface area (Å²) in [7, 11) is 0. The maximum absolute atomic E-state index is 12.9.